The zero-order valence-corrected chi connectivity index (χ0v) is 12.4. The van der Waals surface area contributed by atoms with Gasteiger partial charge in [0.05, 0.1) is 7.11 Å². The highest BCUT2D eigenvalue weighted by Gasteiger charge is 2.26. The topological polar surface area (TPSA) is 21.3 Å². The van der Waals surface area contributed by atoms with Gasteiger partial charge in [-0.3, -0.25) is 0 Å². The predicted octanol–water partition coefficient (Wildman–Crippen LogP) is 3.63. The summed E-state index contributed by atoms with van der Waals surface area (Å²) in [7, 11) is 1.50. The SMILES string of the molecule is CCCNC(c1ccc(OC)c(F)c1)C1CCSC1. The van der Waals surface area contributed by atoms with Gasteiger partial charge in [0.1, 0.15) is 0 Å². The molecule has 106 valence electrons. The molecule has 0 aromatic heterocycles. The second kappa shape index (κ2) is 7.15. The first-order chi connectivity index (χ1) is 9.26. The lowest BCUT2D eigenvalue weighted by atomic mass is 9.92. The van der Waals surface area contributed by atoms with Crippen LogP contribution in [0.5, 0.6) is 5.75 Å². The lowest BCUT2D eigenvalue weighted by molar-refractivity contribution is 0.377. The monoisotopic (exact) mass is 283 g/mol. The zero-order chi connectivity index (χ0) is 13.7. The van der Waals surface area contributed by atoms with E-state index >= 15 is 0 Å². The Morgan fingerprint density at radius 3 is 2.95 bits per heavy atom. The van der Waals surface area contributed by atoms with E-state index in [4.69, 9.17) is 4.74 Å². The van der Waals surface area contributed by atoms with E-state index in [-0.39, 0.29) is 11.9 Å². The summed E-state index contributed by atoms with van der Waals surface area (Å²) < 4.78 is 18.8. The fourth-order valence-electron chi connectivity index (χ4n) is 2.55. The molecule has 1 fully saturated rings. The van der Waals surface area contributed by atoms with Gasteiger partial charge in [-0.25, -0.2) is 4.39 Å². The normalized spacial score (nSPS) is 20.5. The second-order valence-corrected chi connectivity index (χ2v) is 6.10. The summed E-state index contributed by atoms with van der Waals surface area (Å²) in [5.74, 6) is 3.03. The number of methoxy groups -OCH3 is 1. The Balaban J connectivity index is 2.18. The third kappa shape index (κ3) is 3.63. The minimum absolute atomic E-state index is 0.260. The lowest BCUT2D eigenvalue weighted by Crippen LogP contribution is -2.29. The molecule has 0 bridgehead atoms. The molecule has 0 aliphatic carbocycles. The molecule has 4 heteroatoms. The summed E-state index contributed by atoms with van der Waals surface area (Å²) in [6.07, 6.45) is 2.30. The number of thioether (sulfide) groups is 1. The van der Waals surface area contributed by atoms with Crippen LogP contribution in [0.15, 0.2) is 18.2 Å². The summed E-state index contributed by atoms with van der Waals surface area (Å²) in [5, 5.41) is 3.57. The molecule has 2 nitrogen and oxygen atoms in total. The van der Waals surface area contributed by atoms with Crippen LogP contribution in [0.4, 0.5) is 4.39 Å². The van der Waals surface area contributed by atoms with E-state index in [1.807, 2.05) is 17.8 Å². The average Bonchev–Trinajstić information content (AvgIpc) is 2.93. The second-order valence-electron chi connectivity index (χ2n) is 4.95. The van der Waals surface area contributed by atoms with E-state index in [0.717, 1.165) is 24.3 Å². The van der Waals surface area contributed by atoms with Gasteiger partial charge in [0.2, 0.25) is 0 Å². The molecule has 1 aromatic carbocycles. The standard InChI is InChI=1S/C15H22FNOS/c1-3-7-17-15(12-6-8-19-10-12)11-4-5-14(18-2)13(16)9-11/h4-5,9,12,15,17H,3,6-8,10H2,1-2H3. The van der Waals surface area contributed by atoms with Crippen LogP contribution in [-0.4, -0.2) is 25.2 Å². The number of hydrogen-bond acceptors (Lipinski definition) is 3. The molecule has 0 saturated carbocycles. The number of nitrogens with one attached hydrogen (secondary N) is 1. The molecule has 1 saturated heterocycles. The maximum Gasteiger partial charge on any atom is 0.165 e. The summed E-state index contributed by atoms with van der Waals surface area (Å²) in [6.45, 7) is 3.13. The van der Waals surface area contributed by atoms with Crippen LogP contribution >= 0.6 is 11.8 Å². The third-order valence-corrected chi connectivity index (χ3v) is 4.77. The molecule has 1 aliphatic heterocycles. The van der Waals surface area contributed by atoms with Crippen LogP contribution in [0.3, 0.4) is 0 Å². The van der Waals surface area contributed by atoms with Crippen LogP contribution in [0.2, 0.25) is 0 Å². The first-order valence-corrected chi connectivity index (χ1v) is 8.06. The van der Waals surface area contributed by atoms with Crippen LogP contribution in [0.25, 0.3) is 0 Å². The molecule has 0 radical (unpaired) electrons. The smallest absolute Gasteiger partial charge is 0.165 e. The Hall–Kier alpha value is -0.740. The largest absolute Gasteiger partial charge is 0.494 e. The third-order valence-electron chi connectivity index (χ3n) is 3.59. The molecule has 2 atom stereocenters. The molecule has 2 unspecified atom stereocenters. The van der Waals surface area contributed by atoms with E-state index in [9.17, 15) is 4.39 Å². The molecule has 1 aromatic rings. The number of halogens is 1. The van der Waals surface area contributed by atoms with E-state index < -0.39 is 0 Å². The highest BCUT2D eigenvalue weighted by atomic mass is 32.2. The van der Waals surface area contributed by atoms with Crippen molar-refractivity contribution in [3.8, 4) is 5.75 Å². The minimum atomic E-state index is -0.269. The highest BCUT2D eigenvalue weighted by Crippen LogP contribution is 2.35. The maximum absolute atomic E-state index is 13.9. The van der Waals surface area contributed by atoms with E-state index in [1.54, 1.807) is 12.1 Å². The van der Waals surface area contributed by atoms with Gasteiger partial charge < -0.3 is 10.1 Å². The van der Waals surface area contributed by atoms with Crippen LogP contribution in [-0.2, 0) is 0 Å². The van der Waals surface area contributed by atoms with E-state index in [0.29, 0.717) is 11.7 Å². The van der Waals surface area contributed by atoms with Crippen molar-refractivity contribution in [1.29, 1.82) is 0 Å². The van der Waals surface area contributed by atoms with Crippen molar-refractivity contribution in [2.24, 2.45) is 5.92 Å². The van der Waals surface area contributed by atoms with Gasteiger partial charge in [-0.2, -0.15) is 11.8 Å². The Bertz CT molecular complexity index is 407. The first-order valence-electron chi connectivity index (χ1n) is 6.90. The molecule has 19 heavy (non-hydrogen) atoms. The van der Waals surface area contributed by atoms with E-state index in [2.05, 4.69) is 12.2 Å². The van der Waals surface area contributed by atoms with Crippen LogP contribution < -0.4 is 10.1 Å². The number of hydrogen-bond donors (Lipinski definition) is 1. The average molecular weight is 283 g/mol. The summed E-state index contributed by atoms with van der Waals surface area (Å²) >= 11 is 1.99. The summed E-state index contributed by atoms with van der Waals surface area (Å²) in [6, 6.07) is 5.59. The van der Waals surface area contributed by atoms with E-state index in [1.165, 1.54) is 19.3 Å². The van der Waals surface area contributed by atoms with Gasteiger partial charge in [0.25, 0.3) is 0 Å². The molecule has 1 aliphatic rings. The van der Waals surface area contributed by atoms with Crippen LogP contribution in [0.1, 0.15) is 31.4 Å². The molecule has 0 spiro atoms. The molecule has 2 rings (SSSR count). The van der Waals surface area contributed by atoms with Crippen molar-refractivity contribution in [2.75, 3.05) is 25.2 Å². The molecule has 0 amide bonds. The van der Waals surface area contributed by atoms with Gasteiger partial charge in [-0.1, -0.05) is 13.0 Å². The first kappa shape index (κ1) is 14.7. The van der Waals surface area contributed by atoms with Gasteiger partial charge in [0.15, 0.2) is 11.6 Å². The lowest BCUT2D eigenvalue weighted by Gasteiger charge is -2.25. The Labute approximate surface area is 119 Å². The van der Waals surface area contributed by atoms with Crippen molar-refractivity contribution < 1.29 is 9.13 Å². The van der Waals surface area contributed by atoms with Crippen molar-refractivity contribution in [3.63, 3.8) is 0 Å². The number of ether oxygens (including phenoxy) is 1. The fourth-order valence-corrected chi connectivity index (χ4v) is 3.85. The number of benzene rings is 1. The molecular weight excluding hydrogens is 261 g/mol. The van der Waals surface area contributed by atoms with Crippen molar-refractivity contribution in [1.82, 2.24) is 5.32 Å². The Morgan fingerprint density at radius 2 is 2.37 bits per heavy atom. The van der Waals surface area contributed by atoms with Crippen molar-refractivity contribution >= 4 is 11.8 Å². The Morgan fingerprint density at radius 1 is 1.53 bits per heavy atom. The summed E-state index contributed by atoms with van der Waals surface area (Å²) in [4.78, 5) is 0. The van der Waals surface area contributed by atoms with Gasteiger partial charge in [0, 0.05) is 6.04 Å². The minimum Gasteiger partial charge on any atom is -0.494 e. The predicted molar refractivity (Wildman–Crippen MR) is 79.4 cm³/mol. The van der Waals surface area contributed by atoms with Crippen molar-refractivity contribution in [2.45, 2.75) is 25.8 Å². The Kier molecular flexibility index (Phi) is 5.52. The van der Waals surface area contributed by atoms with Gasteiger partial charge in [-0.05, 0) is 54.5 Å². The summed E-state index contributed by atoms with van der Waals surface area (Å²) in [5.41, 5.74) is 1.04. The molecule has 1 heterocycles. The quantitative estimate of drug-likeness (QED) is 0.861. The molecule has 1 N–H and O–H groups in total. The highest BCUT2D eigenvalue weighted by molar-refractivity contribution is 7.99. The van der Waals surface area contributed by atoms with Gasteiger partial charge >= 0.3 is 0 Å². The maximum atomic E-state index is 13.9. The number of rotatable bonds is 6. The zero-order valence-electron chi connectivity index (χ0n) is 11.6. The van der Waals surface area contributed by atoms with Crippen molar-refractivity contribution in [3.05, 3.63) is 29.6 Å². The van der Waals surface area contributed by atoms with Gasteiger partial charge in [-0.15, -0.1) is 0 Å². The molecular formula is C15H22FNOS. The fraction of sp³-hybridized carbons (Fsp3) is 0.600. The van der Waals surface area contributed by atoms with Crippen LogP contribution in [0, 0.1) is 11.7 Å².